The van der Waals surface area contributed by atoms with Crippen LogP contribution in [0.15, 0.2) is 0 Å². The van der Waals surface area contributed by atoms with Crippen molar-refractivity contribution in [2.75, 3.05) is 0 Å². The molecule has 0 aromatic carbocycles. The van der Waals surface area contributed by atoms with Crippen LogP contribution in [0.3, 0.4) is 0 Å². The third kappa shape index (κ3) is 3.48. The Morgan fingerprint density at radius 2 is 1.83 bits per heavy atom. The van der Waals surface area contributed by atoms with Gasteiger partial charge in [-0.05, 0) is 31.1 Å². The molecule has 1 rings (SSSR count). The Balaban J connectivity index is 2.75. The second-order valence-corrected chi connectivity index (χ2v) is 6.41. The molecule has 1 atom stereocenters. The lowest BCUT2D eigenvalue weighted by molar-refractivity contribution is -0.132. The summed E-state index contributed by atoms with van der Waals surface area (Å²) in [5, 5.41) is 12.0. The first-order valence-corrected chi connectivity index (χ1v) is 7.12. The minimum absolute atomic E-state index is 0.106. The molecular formula is C15H26N2O. The number of carbonyl (C=O) groups excluding carboxylic acids is 1. The topological polar surface area (TPSA) is 52.9 Å². The highest BCUT2D eigenvalue weighted by atomic mass is 16.2. The average molecular weight is 250 g/mol. The van der Waals surface area contributed by atoms with Crippen molar-refractivity contribution in [1.29, 1.82) is 5.26 Å². The van der Waals surface area contributed by atoms with Crippen molar-refractivity contribution in [3.63, 3.8) is 0 Å². The Morgan fingerprint density at radius 1 is 1.28 bits per heavy atom. The van der Waals surface area contributed by atoms with Gasteiger partial charge < -0.3 is 5.32 Å². The van der Waals surface area contributed by atoms with E-state index >= 15 is 0 Å². The monoisotopic (exact) mass is 250 g/mol. The average Bonchev–Trinajstić information content (AvgIpc) is 2.73. The fourth-order valence-corrected chi connectivity index (χ4v) is 3.00. The standard InChI is InChI=1S/C15H26N2O/c1-11(2)9-15(7-5-6-8-15)14(18)17-13(10-16)12(3)4/h11-13H,5-9H2,1-4H3,(H,17,18). The van der Waals surface area contributed by atoms with Gasteiger partial charge in [-0.25, -0.2) is 0 Å². The second kappa shape index (κ2) is 6.22. The number of nitrogens with one attached hydrogen (secondary N) is 1. The number of rotatable bonds is 5. The Morgan fingerprint density at radius 3 is 2.22 bits per heavy atom. The molecule has 0 radical (unpaired) electrons. The summed E-state index contributed by atoms with van der Waals surface area (Å²) in [5.74, 6) is 0.791. The summed E-state index contributed by atoms with van der Waals surface area (Å²) in [4.78, 5) is 12.5. The van der Waals surface area contributed by atoms with Gasteiger partial charge >= 0.3 is 0 Å². The molecule has 0 bridgehead atoms. The van der Waals surface area contributed by atoms with Crippen LogP contribution in [0.5, 0.6) is 0 Å². The van der Waals surface area contributed by atoms with E-state index in [4.69, 9.17) is 5.26 Å². The maximum absolute atomic E-state index is 12.5. The highest BCUT2D eigenvalue weighted by Crippen LogP contribution is 2.43. The molecule has 0 saturated heterocycles. The van der Waals surface area contributed by atoms with Gasteiger partial charge in [-0.1, -0.05) is 40.5 Å². The van der Waals surface area contributed by atoms with Crippen LogP contribution < -0.4 is 5.32 Å². The highest BCUT2D eigenvalue weighted by Gasteiger charge is 2.42. The quantitative estimate of drug-likeness (QED) is 0.814. The molecule has 1 N–H and O–H groups in total. The third-order valence-electron chi connectivity index (χ3n) is 3.93. The van der Waals surface area contributed by atoms with Crippen molar-refractivity contribution in [1.82, 2.24) is 5.32 Å². The predicted molar refractivity (Wildman–Crippen MR) is 72.7 cm³/mol. The van der Waals surface area contributed by atoms with Crippen LogP contribution in [0.1, 0.15) is 59.8 Å². The summed E-state index contributed by atoms with van der Waals surface area (Å²) in [6.45, 7) is 8.27. The third-order valence-corrected chi connectivity index (χ3v) is 3.93. The number of nitriles is 1. The molecule has 1 unspecified atom stereocenters. The van der Waals surface area contributed by atoms with Crippen molar-refractivity contribution in [2.45, 2.75) is 65.8 Å². The number of amides is 1. The molecule has 1 aliphatic rings. The molecule has 1 fully saturated rings. The van der Waals surface area contributed by atoms with E-state index in [-0.39, 0.29) is 23.3 Å². The lowest BCUT2D eigenvalue weighted by Gasteiger charge is -2.31. The summed E-state index contributed by atoms with van der Waals surface area (Å²) in [6.07, 6.45) is 5.17. The van der Waals surface area contributed by atoms with Crippen molar-refractivity contribution in [2.24, 2.45) is 17.3 Å². The van der Waals surface area contributed by atoms with Crippen molar-refractivity contribution < 1.29 is 4.79 Å². The van der Waals surface area contributed by atoms with Gasteiger partial charge in [0.15, 0.2) is 0 Å². The van der Waals surface area contributed by atoms with E-state index in [1.165, 1.54) is 0 Å². The first-order chi connectivity index (χ1) is 8.41. The summed E-state index contributed by atoms with van der Waals surface area (Å²) in [6, 6.07) is 1.84. The minimum atomic E-state index is -0.359. The molecule has 0 aliphatic heterocycles. The molecule has 18 heavy (non-hydrogen) atoms. The van der Waals surface area contributed by atoms with Crippen molar-refractivity contribution in [3.8, 4) is 6.07 Å². The number of hydrogen-bond donors (Lipinski definition) is 1. The van der Waals surface area contributed by atoms with Crippen molar-refractivity contribution >= 4 is 5.91 Å². The number of nitrogens with zero attached hydrogens (tertiary/aromatic N) is 1. The van der Waals surface area contributed by atoms with E-state index in [0.29, 0.717) is 5.92 Å². The van der Waals surface area contributed by atoms with Gasteiger partial charge in [0.2, 0.25) is 5.91 Å². The van der Waals surface area contributed by atoms with Crippen LogP contribution in [-0.4, -0.2) is 11.9 Å². The van der Waals surface area contributed by atoms with Crippen LogP contribution in [0.25, 0.3) is 0 Å². The van der Waals surface area contributed by atoms with E-state index in [1.807, 2.05) is 13.8 Å². The lowest BCUT2D eigenvalue weighted by atomic mass is 9.77. The lowest BCUT2D eigenvalue weighted by Crippen LogP contribution is -2.46. The van der Waals surface area contributed by atoms with Gasteiger partial charge in [-0.3, -0.25) is 4.79 Å². The fourth-order valence-electron chi connectivity index (χ4n) is 3.00. The normalized spacial score (nSPS) is 19.8. The molecule has 102 valence electrons. The predicted octanol–water partition coefficient (Wildman–Crippen LogP) is 3.26. The van der Waals surface area contributed by atoms with E-state index in [9.17, 15) is 4.79 Å². The van der Waals surface area contributed by atoms with Gasteiger partial charge in [0.05, 0.1) is 6.07 Å². The zero-order valence-corrected chi connectivity index (χ0v) is 12.1. The smallest absolute Gasteiger partial charge is 0.227 e. The van der Waals surface area contributed by atoms with Crippen LogP contribution in [-0.2, 0) is 4.79 Å². The first-order valence-electron chi connectivity index (χ1n) is 7.12. The van der Waals surface area contributed by atoms with Gasteiger partial charge in [-0.2, -0.15) is 5.26 Å². The van der Waals surface area contributed by atoms with Gasteiger partial charge in [0.1, 0.15) is 6.04 Å². The maximum Gasteiger partial charge on any atom is 0.227 e. The van der Waals surface area contributed by atoms with E-state index in [0.717, 1.165) is 32.1 Å². The second-order valence-electron chi connectivity index (χ2n) is 6.41. The molecule has 1 aliphatic carbocycles. The number of carbonyl (C=O) groups is 1. The molecule has 0 heterocycles. The van der Waals surface area contributed by atoms with Crippen LogP contribution in [0.4, 0.5) is 0 Å². The molecule has 3 heteroatoms. The highest BCUT2D eigenvalue weighted by molar-refractivity contribution is 5.83. The van der Waals surface area contributed by atoms with Gasteiger partial charge in [-0.15, -0.1) is 0 Å². The van der Waals surface area contributed by atoms with E-state index in [2.05, 4.69) is 25.2 Å². The molecular weight excluding hydrogens is 224 g/mol. The summed E-state index contributed by atoms with van der Waals surface area (Å²) >= 11 is 0. The summed E-state index contributed by atoms with van der Waals surface area (Å²) in [5.41, 5.74) is -0.210. The summed E-state index contributed by atoms with van der Waals surface area (Å²) < 4.78 is 0. The SMILES string of the molecule is CC(C)CC1(C(=O)NC(C#N)C(C)C)CCCC1. The minimum Gasteiger partial charge on any atom is -0.340 e. The summed E-state index contributed by atoms with van der Waals surface area (Å²) in [7, 11) is 0. The fraction of sp³-hybridized carbons (Fsp3) is 0.867. The van der Waals surface area contributed by atoms with Crippen LogP contribution in [0.2, 0.25) is 0 Å². The first kappa shape index (κ1) is 15.0. The Hall–Kier alpha value is -1.04. The van der Waals surface area contributed by atoms with Crippen molar-refractivity contribution in [3.05, 3.63) is 0 Å². The van der Waals surface area contributed by atoms with E-state index < -0.39 is 0 Å². The maximum atomic E-state index is 12.5. The Bertz CT molecular complexity index is 322. The van der Waals surface area contributed by atoms with Crippen LogP contribution >= 0.6 is 0 Å². The largest absolute Gasteiger partial charge is 0.340 e. The zero-order valence-electron chi connectivity index (χ0n) is 12.1. The Kier molecular flexibility index (Phi) is 5.19. The van der Waals surface area contributed by atoms with E-state index in [1.54, 1.807) is 0 Å². The zero-order chi connectivity index (χ0) is 13.8. The van der Waals surface area contributed by atoms with Gasteiger partial charge in [0.25, 0.3) is 0 Å². The molecule has 0 aromatic rings. The molecule has 1 saturated carbocycles. The molecule has 0 aromatic heterocycles. The molecule has 1 amide bonds. The number of hydrogen-bond acceptors (Lipinski definition) is 2. The Labute approximate surface area is 111 Å². The van der Waals surface area contributed by atoms with Gasteiger partial charge in [0, 0.05) is 5.41 Å². The van der Waals surface area contributed by atoms with Crippen LogP contribution in [0, 0.1) is 28.6 Å². The molecule has 3 nitrogen and oxygen atoms in total. The molecule has 0 spiro atoms.